The molecule has 2 aliphatic rings. The molecule has 0 saturated carbocycles. The van der Waals surface area contributed by atoms with E-state index < -0.39 is 17.6 Å². The first kappa shape index (κ1) is 30.1. The van der Waals surface area contributed by atoms with E-state index in [9.17, 15) is 14.4 Å². The maximum atomic E-state index is 14.5. The monoisotopic (exact) mass is 691 g/mol. The van der Waals surface area contributed by atoms with E-state index in [0.29, 0.717) is 50.2 Å². The Kier molecular flexibility index (Phi) is 8.08. The number of aromatic nitrogens is 1. The van der Waals surface area contributed by atoms with Gasteiger partial charge in [0.05, 0.1) is 42.3 Å². The van der Waals surface area contributed by atoms with Gasteiger partial charge in [0.2, 0.25) is 0 Å². The van der Waals surface area contributed by atoms with Crippen LogP contribution in [0.1, 0.15) is 43.5 Å². The van der Waals surface area contributed by atoms with Gasteiger partial charge < -0.3 is 14.4 Å². The van der Waals surface area contributed by atoms with Crippen LogP contribution in [0.3, 0.4) is 0 Å². The van der Waals surface area contributed by atoms with Crippen molar-refractivity contribution in [2.75, 3.05) is 12.0 Å². The van der Waals surface area contributed by atoms with Crippen LogP contribution in [-0.4, -0.2) is 29.7 Å². The molecule has 0 spiro atoms. The highest BCUT2D eigenvalue weighted by molar-refractivity contribution is 9.10. The lowest BCUT2D eigenvalue weighted by Crippen LogP contribution is -2.41. The number of nitrogens with zero attached hydrogens (tertiary/aromatic N) is 3. The van der Waals surface area contributed by atoms with Gasteiger partial charge in [0.25, 0.3) is 11.5 Å². The summed E-state index contributed by atoms with van der Waals surface area (Å²) in [5.41, 5.74) is 3.34. The zero-order valence-corrected chi connectivity index (χ0v) is 27.4. The molecule has 1 amide bonds. The number of amides is 1. The van der Waals surface area contributed by atoms with E-state index in [0.717, 1.165) is 21.4 Å². The van der Waals surface area contributed by atoms with Crippen LogP contribution >= 0.6 is 38.9 Å². The summed E-state index contributed by atoms with van der Waals surface area (Å²) in [7, 11) is 1.53. The number of esters is 1. The molecule has 0 fully saturated rings. The summed E-state index contributed by atoms with van der Waals surface area (Å²) in [4.78, 5) is 48.9. The van der Waals surface area contributed by atoms with E-state index in [2.05, 4.69) is 15.9 Å². The first-order valence-electron chi connectivity index (χ1n) is 13.8. The lowest BCUT2D eigenvalue weighted by molar-refractivity contribution is -0.143. The lowest BCUT2D eigenvalue weighted by atomic mass is 9.95. The molecular formula is C33H27BrClN3O5S. The van der Waals surface area contributed by atoms with Crippen LogP contribution < -0.4 is 24.5 Å². The normalized spacial score (nSPS) is 17.0. The van der Waals surface area contributed by atoms with Gasteiger partial charge in [-0.05, 0) is 62.7 Å². The van der Waals surface area contributed by atoms with Crippen LogP contribution in [0.4, 0.5) is 5.69 Å². The predicted octanol–water partition coefficient (Wildman–Crippen LogP) is 5.53. The standard InChI is InChI=1S/C33H27BrClN3O5S/c1-17(2)43-32(41)26-18(3)36-33-38(28(26)23-15-20(34)11-14-25(23)42-4)31(40)29(44-33)27-22-7-5-6-8-24(22)37(30(27)39)16-19-9-12-21(35)13-10-19/h5-15,17,28H,16H2,1-4H3/b29-27-/t28-/m0/s1. The molecule has 11 heteroatoms. The molecule has 1 atom stereocenters. The number of rotatable bonds is 6. The zero-order valence-electron chi connectivity index (χ0n) is 24.3. The van der Waals surface area contributed by atoms with Gasteiger partial charge in [-0.2, -0.15) is 0 Å². The Morgan fingerprint density at radius 3 is 2.52 bits per heavy atom. The number of ether oxygens (including phenoxy) is 2. The first-order valence-corrected chi connectivity index (χ1v) is 15.8. The quantitative estimate of drug-likeness (QED) is 0.248. The Bertz CT molecular complexity index is 2050. The molecule has 0 radical (unpaired) electrons. The Balaban J connectivity index is 1.59. The number of benzene rings is 3. The molecule has 0 bridgehead atoms. The lowest BCUT2D eigenvalue weighted by Gasteiger charge is -2.26. The van der Waals surface area contributed by atoms with Crippen molar-refractivity contribution >= 4 is 62.0 Å². The second-order valence-corrected chi connectivity index (χ2v) is 13.0. The molecular weight excluding hydrogens is 666 g/mol. The van der Waals surface area contributed by atoms with Gasteiger partial charge in [-0.25, -0.2) is 9.79 Å². The smallest absolute Gasteiger partial charge is 0.338 e. The van der Waals surface area contributed by atoms with E-state index in [-0.39, 0.29) is 22.1 Å². The number of para-hydroxylation sites is 1. The maximum Gasteiger partial charge on any atom is 0.338 e. The van der Waals surface area contributed by atoms with Crippen molar-refractivity contribution in [3.05, 3.63) is 124 Å². The van der Waals surface area contributed by atoms with Crippen LogP contribution in [0.25, 0.3) is 5.57 Å². The first-order chi connectivity index (χ1) is 21.1. The minimum absolute atomic E-state index is 0.224. The summed E-state index contributed by atoms with van der Waals surface area (Å²) < 4.78 is 13.8. The summed E-state index contributed by atoms with van der Waals surface area (Å²) in [6, 6.07) is 19.2. The fraction of sp³-hybridized carbons (Fsp3) is 0.212. The molecule has 3 heterocycles. The molecule has 1 aromatic heterocycles. The number of methoxy groups -OCH3 is 1. The summed E-state index contributed by atoms with van der Waals surface area (Å²) >= 11 is 10.7. The average Bonchev–Trinajstić information content (AvgIpc) is 3.45. The molecule has 0 N–H and O–H groups in total. The third-order valence-electron chi connectivity index (χ3n) is 7.45. The summed E-state index contributed by atoms with van der Waals surface area (Å²) in [5, 5.41) is 0.604. The van der Waals surface area contributed by atoms with Crippen LogP contribution in [0.15, 0.2) is 92.3 Å². The molecule has 4 aromatic rings. The minimum Gasteiger partial charge on any atom is -0.496 e. The number of anilines is 1. The van der Waals surface area contributed by atoms with E-state index in [1.54, 1.807) is 43.9 Å². The number of hydrogen-bond donors (Lipinski definition) is 0. The fourth-order valence-corrected chi connectivity index (χ4v) is 7.19. The zero-order chi connectivity index (χ0) is 31.3. The number of carbonyl (C=O) groups is 2. The van der Waals surface area contributed by atoms with Crippen molar-refractivity contribution in [3.63, 3.8) is 0 Å². The van der Waals surface area contributed by atoms with Gasteiger partial charge in [-0.15, -0.1) is 0 Å². The number of halogens is 2. The summed E-state index contributed by atoms with van der Waals surface area (Å²) in [6.07, 6.45) is -0.390. The largest absolute Gasteiger partial charge is 0.496 e. The van der Waals surface area contributed by atoms with Crippen LogP contribution in [0, 0.1) is 0 Å². The number of thiazole rings is 1. The van der Waals surface area contributed by atoms with Crippen molar-refractivity contribution in [1.82, 2.24) is 4.57 Å². The van der Waals surface area contributed by atoms with Crippen molar-refractivity contribution in [3.8, 4) is 5.75 Å². The fourth-order valence-electron chi connectivity index (χ4n) is 5.55. The van der Waals surface area contributed by atoms with Crippen LogP contribution in [0.2, 0.25) is 5.02 Å². The van der Waals surface area contributed by atoms with Crippen LogP contribution in [0.5, 0.6) is 5.75 Å². The van der Waals surface area contributed by atoms with Crippen molar-refractivity contribution < 1.29 is 19.1 Å². The minimum atomic E-state index is -0.906. The molecule has 0 unspecified atom stereocenters. The molecule has 224 valence electrons. The molecule has 44 heavy (non-hydrogen) atoms. The second-order valence-electron chi connectivity index (χ2n) is 10.7. The molecule has 0 aliphatic carbocycles. The molecule has 8 nitrogen and oxygen atoms in total. The van der Waals surface area contributed by atoms with E-state index >= 15 is 0 Å². The Labute approximate surface area is 270 Å². The highest BCUT2D eigenvalue weighted by Crippen LogP contribution is 2.39. The number of carbonyl (C=O) groups excluding carboxylic acids is 2. The molecule has 6 rings (SSSR count). The van der Waals surface area contributed by atoms with Crippen molar-refractivity contribution in [1.29, 1.82) is 0 Å². The van der Waals surface area contributed by atoms with Crippen molar-refractivity contribution in [2.45, 2.75) is 39.5 Å². The Hall–Kier alpha value is -3.99. The second kappa shape index (κ2) is 11.8. The topological polar surface area (TPSA) is 90.2 Å². The Morgan fingerprint density at radius 1 is 1.09 bits per heavy atom. The molecule has 3 aromatic carbocycles. The van der Waals surface area contributed by atoms with Crippen LogP contribution in [-0.2, 0) is 20.9 Å². The third-order valence-corrected chi connectivity index (χ3v) is 9.25. The van der Waals surface area contributed by atoms with E-state index in [1.165, 1.54) is 11.7 Å². The SMILES string of the molecule is COc1ccc(Br)cc1[C@H]1C(C(=O)OC(C)C)=C(C)N=c2s/c(=C3\C(=O)N(Cc4ccc(Cl)cc4)c4ccccc43)c(=O)n21. The number of allylic oxidation sites excluding steroid dienone is 1. The Morgan fingerprint density at radius 2 is 1.82 bits per heavy atom. The third kappa shape index (κ3) is 5.21. The molecule has 0 saturated heterocycles. The van der Waals surface area contributed by atoms with Gasteiger partial charge in [-0.1, -0.05) is 69.2 Å². The van der Waals surface area contributed by atoms with Gasteiger partial charge in [0.1, 0.15) is 16.3 Å². The summed E-state index contributed by atoms with van der Waals surface area (Å²) in [6.45, 7) is 5.55. The van der Waals surface area contributed by atoms with E-state index in [1.807, 2.05) is 48.5 Å². The average molecular weight is 693 g/mol. The number of fused-ring (bicyclic) bond motifs is 2. The highest BCUT2D eigenvalue weighted by Gasteiger charge is 2.38. The highest BCUT2D eigenvalue weighted by atomic mass is 79.9. The summed E-state index contributed by atoms with van der Waals surface area (Å²) in [5.74, 6) is -0.391. The van der Waals surface area contributed by atoms with Gasteiger partial charge in [0, 0.05) is 20.6 Å². The number of hydrogen-bond acceptors (Lipinski definition) is 7. The predicted molar refractivity (Wildman–Crippen MR) is 174 cm³/mol. The van der Waals surface area contributed by atoms with E-state index in [4.69, 9.17) is 26.1 Å². The van der Waals surface area contributed by atoms with Crippen molar-refractivity contribution in [2.24, 2.45) is 4.99 Å². The molecule has 2 aliphatic heterocycles. The van der Waals surface area contributed by atoms with Gasteiger partial charge in [-0.3, -0.25) is 14.2 Å². The maximum absolute atomic E-state index is 14.5. The van der Waals surface area contributed by atoms with Gasteiger partial charge in [0.15, 0.2) is 4.80 Å². The van der Waals surface area contributed by atoms with Gasteiger partial charge >= 0.3 is 5.97 Å².